The Morgan fingerprint density at radius 1 is 1.30 bits per heavy atom. The van der Waals surface area contributed by atoms with E-state index in [0.717, 1.165) is 43.7 Å². The Bertz CT molecular complexity index is 1170. The number of rotatable bonds is 7. The third-order valence-electron chi connectivity index (χ3n) is 4.75. The van der Waals surface area contributed by atoms with Gasteiger partial charge in [-0.15, -0.1) is 4.40 Å². The average molecular weight is 485 g/mol. The second-order valence-electron chi connectivity index (χ2n) is 7.27. The van der Waals surface area contributed by atoms with Crippen LogP contribution in [0.25, 0.3) is 6.08 Å². The normalized spacial score (nSPS) is 16.1. The molecule has 1 fully saturated rings. The van der Waals surface area contributed by atoms with E-state index in [4.69, 9.17) is 5.11 Å². The van der Waals surface area contributed by atoms with Gasteiger partial charge < -0.3 is 19.3 Å². The first-order valence-electron chi connectivity index (χ1n) is 9.67. The molecule has 1 aromatic carbocycles. The predicted molar refractivity (Wildman–Crippen MR) is 117 cm³/mol. The van der Waals surface area contributed by atoms with Crippen LogP contribution in [-0.4, -0.2) is 62.8 Å². The number of halogens is 3. The molecule has 0 saturated carbocycles. The Labute approximate surface area is 188 Å². The molecule has 0 atom stereocenters. The van der Waals surface area contributed by atoms with Crippen LogP contribution in [0.1, 0.15) is 17.0 Å². The Morgan fingerprint density at radius 3 is 2.61 bits per heavy atom. The van der Waals surface area contributed by atoms with E-state index < -0.39 is 27.9 Å². The van der Waals surface area contributed by atoms with Crippen molar-refractivity contribution in [2.75, 3.05) is 38.1 Å². The molecule has 3 rings (SSSR count). The fraction of sp³-hybridized carbons (Fsp3) is 0.300. The van der Waals surface area contributed by atoms with E-state index >= 15 is 0 Å². The lowest BCUT2D eigenvalue weighted by atomic mass is 10.0. The van der Waals surface area contributed by atoms with Gasteiger partial charge in [0.25, 0.3) is 0 Å². The summed E-state index contributed by atoms with van der Waals surface area (Å²) in [6.07, 6.45) is -0.676. The molecule has 9 nitrogen and oxygen atoms in total. The number of aromatic nitrogens is 1. The van der Waals surface area contributed by atoms with Crippen LogP contribution >= 0.6 is 0 Å². The zero-order valence-electron chi connectivity index (χ0n) is 17.6. The molecule has 2 N–H and O–H groups in total. The number of alkyl halides is 3. The van der Waals surface area contributed by atoms with Crippen LogP contribution in [0.3, 0.4) is 0 Å². The first-order valence-corrected chi connectivity index (χ1v) is 11.1. The number of piperazine rings is 1. The van der Waals surface area contributed by atoms with Crippen molar-refractivity contribution in [3.8, 4) is 5.95 Å². The van der Waals surface area contributed by atoms with Crippen LogP contribution in [0.15, 0.2) is 51.6 Å². The van der Waals surface area contributed by atoms with Crippen LogP contribution < -0.4 is 9.62 Å². The smallest absolute Gasteiger partial charge is 0.417 e. The molecule has 1 aromatic heterocycles. The lowest BCUT2D eigenvalue weighted by Gasteiger charge is -2.34. The molecule has 0 unspecified atom stereocenters. The van der Waals surface area contributed by atoms with Gasteiger partial charge >= 0.3 is 22.3 Å². The highest BCUT2D eigenvalue weighted by atomic mass is 32.2. The number of hydrogen-bond donors (Lipinski definition) is 2. The van der Waals surface area contributed by atoms with Gasteiger partial charge in [-0.2, -0.15) is 21.6 Å². The summed E-state index contributed by atoms with van der Waals surface area (Å²) in [6, 6.07) is 4.03. The van der Waals surface area contributed by atoms with Gasteiger partial charge in [-0.1, -0.05) is 18.7 Å². The number of likely N-dealkylation sites (N-methyl/N-ethyl adjacent to an activating group) is 1. The highest BCUT2D eigenvalue weighted by Crippen LogP contribution is 2.35. The average Bonchev–Trinajstić information content (AvgIpc) is 3.16. The zero-order valence-corrected chi connectivity index (χ0v) is 18.4. The first-order chi connectivity index (χ1) is 15.4. The summed E-state index contributed by atoms with van der Waals surface area (Å²) < 4.78 is 74.9. The van der Waals surface area contributed by atoms with Gasteiger partial charge in [0, 0.05) is 37.6 Å². The van der Waals surface area contributed by atoms with Gasteiger partial charge in [-0.05, 0) is 30.8 Å². The van der Waals surface area contributed by atoms with E-state index in [0.29, 0.717) is 18.8 Å². The van der Waals surface area contributed by atoms with Gasteiger partial charge in [-0.3, -0.25) is 4.72 Å². The highest BCUT2D eigenvalue weighted by molar-refractivity contribution is 7.88. The monoisotopic (exact) mass is 485 g/mol. The first kappa shape index (κ1) is 24.3. The minimum Gasteiger partial charge on any atom is -0.480 e. The standard InChI is InChI=1S/C20H22F3N5O4S/c1-14(26-33(30,31)25-12-18-24-13-19(29)32-18)3-4-15-5-6-16(11-17(15)20(21,22)23)28-9-7-27(2)8-10-28/h3-6,11-13,26,29H,1,7-10H2,2H3. The summed E-state index contributed by atoms with van der Waals surface area (Å²) >= 11 is 0. The molecule has 0 bridgehead atoms. The van der Waals surface area contributed by atoms with Crippen LogP contribution in [0, 0.1) is 0 Å². The number of anilines is 1. The summed E-state index contributed by atoms with van der Waals surface area (Å²) in [7, 11) is -2.33. The largest absolute Gasteiger partial charge is 0.480 e. The molecule has 0 amide bonds. The van der Waals surface area contributed by atoms with Crippen molar-refractivity contribution < 1.29 is 31.1 Å². The highest BCUT2D eigenvalue weighted by Gasteiger charge is 2.33. The second-order valence-corrected chi connectivity index (χ2v) is 8.63. The third-order valence-corrected chi connectivity index (χ3v) is 5.65. The number of oxazole rings is 1. The quantitative estimate of drug-likeness (QED) is 0.458. The van der Waals surface area contributed by atoms with Gasteiger partial charge in [0.2, 0.25) is 5.89 Å². The maximum Gasteiger partial charge on any atom is 0.417 e. The van der Waals surface area contributed by atoms with Crippen LogP contribution in [0.5, 0.6) is 5.95 Å². The fourth-order valence-corrected chi connectivity index (χ4v) is 3.75. The number of hydrogen-bond acceptors (Lipinski definition) is 7. The van der Waals surface area contributed by atoms with E-state index in [9.17, 15) is 21.6 Å². The molecule has 0 radical (unpaired) electrons. The van der Waals surface area contributed by atoms with Crippen molar-refractivity contribution in [2.24, 2.45) is 4.40 Å². The SMILES string of the molecule is C=C(C=Cc1ccc(N2CCN(C)CC2)cc1C(F)(F)F)NS(=O)(=O)N=Cc1ncc(O)o1. The van der Waals surface area contributed by atoms with Gasteiger partial charge in [0.15, 0.2) is 0 Å². The van der Waals surface area contributed by atoms with E-state index in [-0.39, 0.29) is 17.2 Å². The summed E-state index contributed by atoms with van der Waals surface area (Å²) in [6.45, 7) is 6.23. The number of nitrogens with one attached hydrogen (secondary N) is 1. The number of benzene rings is 1. The minimum atomic E-state index is -4.60. The van der Waals surface area contributed by atoms with Crippen LogP contribution in [-0.2, 0) is 16.4 Å². The maximum absolute atomic E-state index is 13.7. The van der Waals surface area contributed by atoms with Gasteiger partial charge in [0.1, 0.15) is 12.4 Å². The van der Waals surface area contributed by atoms with Crippen molar-refractivity contribution in [1.29, 1.82) is 0 Å². The van der Waals surface area contributed by atoms with Crippen molar-refractivity contribution in [1.82, 2.24) is 14.6 Å². The van der Waals surface area contributed by atoms with Gasteiger partial charge in [-0.25, -0.2) is 4.98 Å². The zero-order chi connectivity index (χ0) is 24.2. The van der Waals surface area contributed by atoms with Crippen molar-refractivity contribution in [3.63, 3.8) is 0 Å². The Kier molecular flexibility index (Phi) is 7.12. The topological polar surface area (TPSA) is 111 Å². The van der Waals surface area contributed by atoms with E-state index in [1.807, 2.05) is 16.7 Å². The third kappa shape index (κ3) is 6.83. The van der Waals surface area contributed by atoms with E-state index in [1.165, 1.54) is 6.07 Å². The number of aromatic hydroxyl groups is 1. The molecule has 1 aliphatic rings. The molecule has 1 saturated heterocycles. The van der Waals surface area contributed by atoms with E-state index in [1.54, 1.807) is 6.07 Å². The molecule has 2 aromatic rings. The summed E-state index contributed by atoms with van der Waals surface area (Å²) in [4.78, 5) is 7.54. The molecule has 13 heteroatoms. The lowest BCUT2D eigenvalue weighted by molar-refractivity contribution is -0.137. The van der Waals surface area contributed by atoms with Gasteiger partial charge in [0.05, 0.1) is 5.56 Å². The molecule has 1 aliphatic heterocycles. The van der Waals surface area contributed by atoms with Crippen molar-refractivity contribution in [2.45, 2.75) is 6.18 Å². The lowest BCUT2D eigenvalue weighted by Crippen LogP contribution is -2.44. The summed E-state index contributed by atoms with van der Waals surface area (Å²) in [5.41, 5.74) is -0.718. The Balaban J connectivity index is 1.73. The maximum atomic E-state index is 13.7. The Morgan fingerprint density at radius 2 is 2.00 bits per heavy atom. The van der Waals surface area contributed by atoms with Crippen LogP contribution in [0.4, 0.5) is 18.9 Å². The molecular formula is C20H22F3N5O4S. The molecule has 0 spiro atoms. The second kappa shape index (κ2) is 9.67. The van der Waals surface area contributed by atoms with Crippen LogP contribution in [0.2, 0.25) is 0 Å². The molecule has 2 heterocycles. The molecule has 0 aliphatic carbocycles. The number of nitrogens with zero attached hydrogens (tertiary/aromatic N) is 4. The predicted octanol–water partition coefficient (Wildman–Crippen LogP) is 2.63. The summed E-state index contributed by atoms with van der Waals surface area (Å²) in [5, 5.41) is 9.02. The number of allylic oxidation sites excluding steroid dienone is 1. The minimum absolute atomic E-state index is 0.139. The fourth-order valence-electron chi connectivity index (χ4n) is 3.07. The molecular weight excluding hydrogens is 463 g/mol. The molecule has 178 valence electrons. The van der Waals surface area contributed by atoms with Crippen molar-refractivity contribution >= 4 is 28.2 Å². The molecule has 33 heavy (non-hydrogen) atoms. The van der Waals surface area contributed by atoms with Crippen molar-refractivity contribution in [3.05, 3.63) is 59.8 Å². The van der Waals surface area contributed by atoms with E-state index in [2.05, 4.69) is 25.3 Å². The summed E-state index contributed by atoms with van der Waals surface area (Å²) in [5.74, 6) is -0.775. The Hall–Kier alpha value is -3.32.